The van der Waals surface area contributed by atoms with Crippen molar-refractivity contribution < 1.29 is 18.0 Å². The first-order chi connectivity index (χ1) is 16.2. The van der Waals surface area contributed by atoms with E-state index >= 15 is 0 Å². The van der Waals surface area contributed by atoms with Gasteiger partial charge in [0, 0.05) is 43.3 Å². The van der Waals surface area contributed by atoms with E-state index in [1.165, 1.54) is 27.6 Å². The van der Waals surface area contributed by atoms with Gasteiger partial charge >= 0.3 is 6.18 Å². The van der Waals surface area contributed by atoms with Gasteiger partial charge in [0.2, 0.25) is 5.91 Å². The Labute approximate surface area is 206 Å². The molecule has 6 nitrogen and oxygen atoms in total. The molecule has 3 heterocycles. The van der Waals surface area contributed by atoms with Crippen LogP contribution in [0.15, 0.2) is 0 Å². The average molecular weight is 516 g/mol. The molecule has 1 aliphatic heterocycles. The minimum Gasteiger partial charge on any atom is -0.353 e. The number of halogens is 3. The number of carbonyl (C=O) groups is 1. The molecular weight excluding hydrogens is 483 g/mol. The molecular formula is C23H32F3N5OS2. The van der Waals surface area contributed by atoms with Crippen LogP contribution in [0.2, 0.25) is 0 Å². The van der Waals surface area contributed by atoms with Gasteiger partial charge in [0.25, 0.3) is 0 Å². The summed E-state index contributed by atoms with van der Waals surface area (Å²) >= 11 is 2.93. The van der Waals surface area contributed by atoms with Crippen LogP contribution < -0.4 is 5.32 Å². The van der Waals surface area contributed by atoms with Crippen LogP contribution in [0.5, 0.6) is 0 Å². The zero-order valence-electron chi connectivity index (χ0n) is 19.5. The van der Waals surface area contributed by atoms with E-state index in [1.54, 1.807) is 0 Å². The summed E-state index contributed by atoms with van der Waals surface area (Å²) in [5.41, 5.74) is 1.00. The Bertz CT molecular complexity index is 927. The number of carbonyl (C=O) groups excluding carboxylic acids is 1. The van der Waals surface area contributed by atoms with Crippen molar-refractivity contribution in [3.8, 4) is 0 Å². The third-order valence-electron chi connectivity index (χ3n) is 6.71. The molecule has 1 N–H and O–H groups in total. The van der Waals surface area contributed by atoms with E-state index in [9.17, 15) is 18.0 Å². The summed E-state index contributed by atoms with van der Waals surface area (Å²) < 4.78 is 37.5. The third kappa shape index (κ3) is 7.71. The van der Waals surface area contributed by atoms with Crippen molar-refractivity contribution in [3.05, 3.63) is 25.6 Å². The van der Waals surface area contributed by atoms with Gasteiger partial charge in [0.15, 0.2) is 0 Å². The Morgan fingerprint density at radius 3 is 2.56 bits per heavy atom. The second kappa shape index (κ2) is 11.4. The van der Waals surface area contributed by atoms with Crippen molar-refractivity contribution in [1.29, 1.82) is 0 Å². The van der Waals surface area contributed by atoms with Crippen LogP contribution in [0.25, 0.3) is 0 Å². The SMILES string of the molecule is Cc1nnc(CC(=O)N[C@H]2CC[C@H](CCN3CCc4nc(CCC(F)(F)F)sc4CC3)CC2)s1. The van der Waals surface area contributed by atoms with E-state index in [-0.39, 0.29) is 18.4 Å². The van der Waals surface area contributed by atoms with Gasteiger partial charge in [-0.1, -0.05) is 0 Å². The number of thiazole rings is 1. The van der Waals surface area contributed by atoms with Crippen LogP contribution in [0.3, 0.4) is 0 Å². The second-order valence-corrected chi connectivity index (χ2v) is 11.8. The zero-order chi connectivity index (χ0) is 24.1. The van der Waals surface area contributed by atoms with Gasteiger partial charge in [-0.2, -0.15) is 13.2 Å². The summed E-state index contributed by atoms with van der Waals surface area (Å²) in [4.78, 5) is 20.4. The van der Waals surface area contributed by atoms with Crippen LogP contribution in [0.1, 0.15) is 64.1 Å². The molecule has 34 heavy (non-hydrogen) atoms. The maximum atomic E-state index is 12.5. The lowest BCUT2D eigenvalue weighted by Crippen LogP contribution is -2.39. The summed E-state index contributed by atoms with van der Waals surface area (Å²) in [5.74, 6) is 0.718. The molecule has 0 atom stereocenters. The molecule has 2 aromatic rings. The number of fused-ring (bicyclic) bond motifs is 1. The maximum absolute atomic E-state index is 12.5. The van der Waals surface area contributed by atoms with E-state index in [0.29, 0.717) is 17.3 Å². The molecule has 188 valence electrons. The molecule has 0 spiro atoms. The molecule has 1 saturated carbocycles. The number of amides is 1. The standard InChI is InChI=1S/C23H32F3N5OS2/c1-15-29-30-22(33-15)14-20(32)27-17-4-2-16(3-5-17)7-11-31-12-8-18-19(9-13-31)34-21(28-18)6-10-23(24,25)26/h16-17H,2-14H2,1H3,(H,27,32)/t16-,17-. The van der Waals surface area contributed by atoms with E-state index in [1.807, 2.05) is 6.92 Å². The Hall–Kier alpha value is -1.59. The largest absolute Gasteiger partial charge is 0.389 e. The summed E-state index contributed by atoms with van der Waals surface area (Å²) in [6.07, 6.45) is 2.56. The summed E-state index contributed by atoms with van der Waals surface area (Å²) in [6.45, 7) is 4.81. The summed E-state index contributed by atoms with van der Waals surface area (Å²) in [7, 11) is 0. The molecule has 2 aliphatic rings. The van der Waals surface area contributed by atoms with Crippen molar-refractivity contribution in [2.24, 2.45) is 5.92 Å². The number of rotatable bonds is 8. The molecule has 0 radical (unpaired) electrons. The highest BCUT2D eigenvalue weighted by Crippen LogP contribution is 2.29. The molecule has 0 bridgehead atoms. The van der Waals surface area contributed by atoms with Crippen LogP contribution >= 0.6 is 22.7 Å². The van der Waals surface area contributed by atoms with Gasteiger partial charge in [-0.05, 0) is 57.9 Å². The average Bonchev–Trinajstić information content (AvgIpc) is 3.32. The predicted octanol–water partition coefficient (Wildman–Crippen LogP) is 4.51. The Kier molecular flexibility index (Phi) is 8.57. The number of nitrogens with one attached hydrogen (secondary N) is 1. The van der Waals surface area contributed by atoms with Crippen molar-refractivity contribution in [3.63, 3.8) is 0 Å². The highest BCUT2D eigenvalue weighted by atomic mass is 32.1. The lowest BCUT2D eigenvalue weighted by atomic mass is 9.84. The normalized spacial score (nSPS) is 21.8. The minimum atomic E-state index is -4.12. The van der Waals surface area contributed by atoms with Crippen molar-refractivity contribution in [2.75, 3.05) is 19.6 Å². The lowest BCUT2D eigenvalue weighted by Gasteiger charge is -2.30. The number of aryl methyl sites for hydroxylation is 2. The van der Waals surface area contributed by atoms with Gasteiger partial charge in [-0.3, -0.25) is 4.79 Å². The van der Waals surface area contributed by atoms with Gasteiger partial charge in [0.1, 0.15) is 10.0 Å². The molecule has 4 rings (SSSR count). The highest BCUT2D eigenvalue weighted by molar-refractivity contribution is 7.11. The molecule has 11 heteroatoms. The van der Waals surface area contributed by atoms with Gasteiger partial charge in [-0.15, -0.1) is 32.9 Å². The van der Waals surface area contributed by atoms with E-state index in [4.69, 9.17) is 0 Å². The number of alkyl halides is 3. The molecule has 1 fully saturated rings. The van der Waals surface area contributed by atoms with Crippen LogP contribution in [-0.4, -0.2) is 57.8 Å². The molecule has 2 aromatic heterocycles. The van der Waals surface area contributed by atoms with Crippen LogP contribution in [0, 0.1) is 12.8 Å². The minimum absolute atomic E-state index is 0.00416. The first-order valence-electron chi connectivity index (χ1n) is 12.1. The Balaban J connectivity index is 1.13. The first kappa shape index (κ1) is 25.5. The predicted molar refractivity (Wildman–Crippen MR) is 127 cm³/mol. The maximum Gasteiger partial charge on any atom is 0.389 e. The topological polar surface area (TPSA) is 71.0 Å². The van der Waals surface area contributed by atoms with Gasteiger partial charge < -0.3 is 10.2 Å². The van der Waals surface area contributed by atoms with Crippen LogP contribution in [0.4, 0.5) is 13.2 Å². The fraction of sp³-hybridized carbons (Fsp3) is 0.739. The second-order valence-electron chi connectivity index (χ2n) is 9.40. The first-order valence-corrected chi connectivity index (χ1v) is 13.7. The fourth-order valence-electron chi connectivity index (χ4n) is 4.83. The van der Waals surface area contributed by atoms with Crippen molar-refractivity contribution in [1.82, 2.24) is 25.4 Å². The van der Waals surface area contributed by atoms with E-state index in [2.05, 4.69) is 25.4 Å². The summed E-state index contributed by atoms with van der Waals surface area (Å²) in [5, 5.41) is 13.4. The number of hydrogen-bond acceptors (Lipinski definition) is 7. The lowest BCUT2D eigenvalue weighted by molar-refractivity contribution is -0.134. The van der Waals surface area contributed by atoms with Gasteiger partial charge in [-0.25, -0.2) is 4.98 Å². The Morgan fingerprint density at radius 1 is 1.09 bits per heavy atom. The molecule has 1 amide bonds. The fourth-order valence-corrected chi connectivity index (χ4v) is 6.64. The van der Waals surface area contributed by atoms with Crippen molar-refractivity contribution >= 4 is 28.6 Å². The smallest absolute Gasteiger partial charge is 0.353 e. The van der Waals surface area contributed by atoms with Crippen molar-refractivity contribution in [2.45, 2.75) is 83.4 Å². The monoisotopic (exact) mass is 515 g/mol. The molecule has 0 saturated heterocycles. The Morgan fingerprint density at radius 2 is 1.85 bits per heavy atom. The highest BCUT2D eigenvalue weighted by Gasteiger charge is 2.28. The molecule has 0 aromatic carbocycles. The molecule has 1 aliphatic carbocycles. The number of nitrogens with zero attached hydrogens (tertiary/aromatic N) is 4. The number of hydrogen-bond donors (Lipinski definition) is 1. The van der Waals surface area contributed by atoms with Crippen LogP contribution in [-0.2, 0) is 30.5 Å². The van der Waals surface area contributed by atoms with E-state index < -0.39 is 12.6 Å². The quantitative estimate of drug-likeness (QED) is 0.560. The third-order valence-corrected chi connectivity index (χ3v) is 8.77. The number of aromatic nitrogens is 3. The van der Waals surface area contributed by atoms with Gasteiger partial charge in [0.05, 0.1) is 17.1 Å². The van der Waals surface area contributed by atoms with E-state index in [0.717, 1.165) is 80.3 Å². The molecule has 0 unspecified atom stereocenters. The zero-order valence-corrected chi connectivity index (χ0v) is 21.1. The summed E-state index contributed by atoms with van der Waals surface area (Å²) in [6, 6.07) is 0.254.